The second-order valence-electron chi connectivity index (χ2n) is 5.55. The van der Waals surface area contributed by atoms with Crippen molar-refractivity contribution in [1.29, 1.82) is 5.26 Å². The Balaban J connectivity index is 2.16. The van der Waals surface area contributed by atoms with Gasteiger partial charge in [0.25, 0.3) is 0 Å². The van der Waals surface area contributed by atoms with Gasteiger partial charge >= 0.3 is 6.18 Å². The van der Waals surface area contributed by atoms with Crippen LogP contribution in [0.3, 0.4) is 0 Å². The number of benzene rings is 1. The Morgan fingerprint density at radius 2 is 2.04 bits per heavy atom. The lowest BCUT2D eigenvalue weighted by atomic mass is 10.1. The van der Waals surface area contributed by atoms with Crippen LogP contribution in [0.2, 0.25) is 0 Å². The summed E-state index contributed by atoms with van der Waals surface area (Å²) < 4.78 is 39.2. The van der Waals surface area contributed by atoms with Crippen LogP contribution >= 0.6 is 11.8 Å². The molecule has 25 heavy (non-hydrogen) atoms. The van der Waals surface area contributed by atoms with E-state index in [-0.39, 0.29) is 23.4 Å². The first-order valence-electron chi connectivity index (χ1n) is 7.43. The van der Waals surface area contributed by atoms with Crippen LogP contribution in [0, 0.1) is 11.3 Å². The van der Waals surface area contributed by atoms with Gasteiger partial charge in [-0.2, -0.15) is 23.4 Å². The van der Waals surface area contributed by atoms with Crippen molar-refractivity contribution in [1.82, 2.24) is 9.97 Å². The molecule has 9 heteroatoms. The van der Waals surface area contributed by atoms with Crippen molar-refractivity contribution < 1.29 is 13.2 Å². The van der Waals surface area contributed by atoms with E-state index in [2.05, 4.69) is 16.0 Å². The fourth-order valence-corrected chi connectivity index (χ4v) is 3.06. The van der Waals surface area contributed by atoms with Crippen LogP contribution in [-0.2, 0) is 6.18 Å². The summed E-state index contributed by atoms with van der Waals surface area (Å²) in [5.74, 6) is 0.233. The van der Waals surface area contributed by atoms with E-state index in [0.29, 0.717) is 10.7 Å². The molecule has 130 valence electrons. The molecule has 5 nitrogen and oxygen atoms in total. The molecule has 1 aromatic carbocycles. The summed E-state index contributed by atoms with van der Waals surface area (Å²) in [5, 5.41) is 9.92. The van der Waals surface area contributed by atoms with Crippen LogP contribution in [0.1, 0.15) is 24.0 Å². The summed E-state index contributed by atoms with van der Waals surface area (Å²) in [5.41, 5.74) is 5.54. The maximum Gasteiger partial charge on any atom is 0.416 e. The molecule has 1 aliphatic carbocycles. The zero-order valence-corrected chi connectivity index (χ0v) is 14.0. The first kappa shape index (κ1) is 17.4. The van der Waals surface area contributed by atoms with Gasteiger partial charge in [0, 0.05) is 11.7 Å². The zero-order chi connectivity index (χ0) is 18.2. The standard InChI is InChI=1S/C16H14F3N5S/c1-25-14-12(8-20)13(22-15(21)23-14)24(10-5-6-10)11-4-2-3-9(7-11)16(17,18)19/h2-4,7,10H,5-6H2,1H3,(H2,21,22,23). The highest BCUT2D eigenvalue weighted by Gasteiger charge is 2.36. The number of anilines is 3. The number of nitrogens with zero attached hydrogens (tertiary/aromatic N) is 4. The molecule has 2 N–H and O–H groups in total. The summed E-state index contributed by atoms with van der Waals surface area (Å²) in [6.07, 6.45) is -1.09. The van der Waals surface area contributed by atoms with Gasteiger partial charge in [-0.05, 0) is 37.3 Å². The Kier molecular flexibility index (Phi) is 4.47. The van der Waals surface area contributed by atoms with Gasteiger partial charge in [-0.3, -0.25) is 0 Å². The van der Waals surface area contributed by atoms with Crippen molar-refractivity contribution in [2.45, 2.75) is 30.1 Å². The number of hydrogen-bond acceptors (Lipinski definition) is 6. The molecule has 0 unspecified atom stereocenters. The molecule has 0 amide bonds. The van der Waals surface area contributed by atoms with Crippen molar-refractivity contribution in [3.8, 4) is 6.07 Å². The molecule has 0 bridgehead atoms. The molecule has 0 spiro atoms. The van der Waals surface area contributed by atoms with E-state index in [9.17, 15) is 18.4 Å². The van der Waals surface area contributed by atoms with E-state index in [1.165, 1.54) is 17.8 Å². The van der Waals surface area contributed by atoms with Gasteiger partial charge in [0.2, 0.25) is 5.95 Å². The molecule has 1 fully saturated rings. The average molecular weight is 365 g/mol. The van der Waals surface area contributed by atoms with Crippen LogP contribution in [0.5, 0.6) is 0 Å². The van der Waals surface area contributed by atoms with Crippen molar-refractivity contribution in [3.63, 3.8) is 0 Å². The maximum atomic E-state index is 13.1. The van der Waals surface area contributed by atoms with Gasteiger partial charge in [0.15, 0.2) is 5.82 Å². The van der Waals surface area contributed by atoms with E-state index in [1.54, 1.807) is 17.2 Å². The summed E-state index contributed by atoms with van der Waals surface area (Å²) in [6.45, 7) is 0. The number of thioether (sulfide) groups is 1. The number of rotatable bonds is 4. The number of alkyl halides is 3. The maximum absolute atomic E-state index is 13.1. The predicted octanol–water partition coefficient (Wildman–Crippen LogP) is 3.97. The largest absolute Gasteiger partial charge is 0.416 e. The fourth-order valence-electron chi connectivity index (χ4n) is 2.54. The molecule has 2 aromatic rings. The molecular formula is C16H14F3N5S. The van der Waals surface area contributed by atoms with E-state index in [1.807, 2.05) is 0 Å². The lowest BCUT2D eigenvalue weighted by Crippen LogP contribution is -2.23. The quantitative estimate of drug-likeness (QED) is 0.652. The third-order valence-corrected chi connectivity index (χ3v) is 4.45. The molecule has 0 atom stereocenters. The molecule has 3 rings (SSSR count). The van der Waals surface area contributed by atoms with Crippen molar-refractivity contribution in [2.24, 2.45) is 0 Å². The average Bonchev–Trinajstić information content (AvgIpc) is 3.39. The normalized spacial score (nSPS) is 14.2. The lowest BCUT2D eigenvalue weighted by Gasteiger charge is -2.26. The first-order valence-corrected chi connectivity index (χ1v) is 8.65. The Hall–Kier alpha value is -2.47. The number of halogens is 3. The lowest BCUT2D eigenvalue weighted by molar-refractivity contribution is -0.137. The zero-order valence-electron chi connectivity index (χ0n) is 13.2. The van der Waals surface area contributed by atoms with Crippen molar-refractivity contribution in [2.75, 3.05) is 16.9 Å². The van der Waals surface area contributed by atoms with Crippen LogP contribution < -0.4 is 10.6 Å². The number of nitrogens with two attached hydrogens (primary N) is 1. The predicted molar refractivity (Wildman–Crippen MR) is 89.5 cm³/mol. The summed E-state index contributed by atoms with van der Waals surface area (Å²) >= 11 is 1.24. The molecule has 1 aromatic heterocycles. The van der Waals surface area contributed by atoms with E-state index in [4.69, 9.17) is 5.73 Å². The Labute approximate surface area is 146 Å². The van der Waals surface area contributed by atoms with Gasteiger partial charge < -0.3 is 10.6 Å². The van der Waals surface area contributed by atoms with Crippen LogP contribution in [0.15, 0.2) is 29.3 Å². The van der Waals surface area contributed by atoms with E-state index < -0.39 is 11.7 Å². The van der Waals surface area contributed by atoms with Crippen LogP contribution in [-0.4, -0.2) is 22.3 Å². The third kappa shape index (κ3) is 3.49. The van der Waals surface area contributed by atoms with Crippen molar-refractivity contribution in [3.05, 3.63) is 35.4 Å². The highest BCUT2D eigenvalue weighted by molar-refractivity contribution is 7.98. The Morgan fingerprint density at radius 1 is 1.32 bits per heavy atom. The van der Waals surface area contributed by atoms with Crippen LogP contribution in [0.4, 0.5) is 30.6 Å². The molecule has 1 heterocycles. The molecule has 0 radical (unpaired) electrons. The number of nitrogen functional groups attached to an aromatic ring is 1. The topological polar surface area (TPSA) is 78.8 Å². The second-order valence-corrected chi connectivity index (χ2v) is 6.35. The van der Waals surface area contributed by atoms with Gasteiger partial charge in [0.1, 0.15) is 16.7 Å². The molecule has 1 saturated carbocycles. The number of hydrogen-bond donors (Lipinski definition) is 1. The summed E-state index contributed by atoms with van der Waals surface area (Å²) in [4.78, 5) is 9.85. The monoisotopic (exact) mass is 365 g/mol. The van der Waals surface area contributed by atoms with Gasteiger partial charge in [0.05, 0.1) is 5.56 Å². The van der Waals surface area contributed by atoms with Gasteiger partial charge in [-0.25, -0.2) is 4.98 Å². The van der Waals surface area contributed by atoms with E-state index in [0.717, 1.165) is 25.0 Å². The number of aromatic nitrogens is 2. The minimum atomic E-state index is -4.45. The second kappa shape index (κ2) is 6.44. The summed E-state index contributed by atoms with van der Waals surface area (Å²) in [7, 11) is 0. The smallest absolute Gasteiger partial charge is 0.368 e. The van der Waals surface area contributed by atoms with Crippen molar-refractivity contribution >= 4 is 29.2 Å². The van der Waals surface area contributed by atoms with E-state index >= 15 is 0 Å². The Bertz CT molecular complexity index is 843. The summed E-state index contributed by atoms with van der Waals surface area (Å²) in [6, 6.07) is 7.04. The molecular weight excluding hydrogens is 351 g/mol. The SMILES string of the molecule is CSc1nc(N)nc(N(c2cccc(C(F)(F)F)c2)C2CC2)c1C#N. The van der Waals surface area contributed by atoms with Gasteiger partial charge in [-0.1, -0.05) is 6.07 Å². The number of nitriles is 1. The van der Waals surface area contributed by atoms with Crippen LogP contribution in [0.25, 0.3) is 0 Å². The molecule has 1 aliphatic rings. The molecule has 0 saturated heterocycles. The highest BCUT2D eigenvalue weighted by Crippen LogP contribution is 2.42. The first-order chi connectivity index (χ1) is 11.8. The van der Waals surface area contributed by atoms with Gasteiger partial charge in [-0.15, -0.1) is 11.8 Å². The third-order valence-electron chi connectivity index (χ3n) is 3.77. The fraction of sp³-hybridized carbons (Fsp3) is 0.312. The minimum Gasteiger partial charge on any atom is -0.368 e. The Morgan fingerprint density at radius 3 is 2.60 bits per heavy atom. The highest BCUT2D eigenvalue weighted by atomic mass is 32.2. The molecule has 0 aliphatic heterocycles. The minimum absolute atomic E-state index is 0.0143.